The van der Waals surface area contributed by atoms with Gasteiger partial charge in [0.2, 0.25) is 11.8 Å². The number of rotatable bonds is 5. The predicted molar refractivity (Wildman–Crippen MR) is 108 cm³/mol. The lowest BCUT2D eigenvalue weighted by Crippen LogP contribution is -2.44. The van der Waals surface area contributed by atoms with Crippen molar-refractivity contribution in [1.82, 2.24) is 14.9 Å². The Bertz CT molecular complexity index is 980. The van der Waals surface area contributed by atoms with E-state index in [2.05, 4.69) is 32.1 Å². The fourth-order valence-electron chi connectivity index (χ4n) is 3.41. The molecule has 0 aromatic carbocycles. The summed E-state index contributed by atoms with van der Waals surface area (Å²) in [5.41, 5.74) is 5.66. The van der Waals surface area contributed by atoms with Gasteiger partial charge in [-0.3, -0.25) is 4.79 Å². The highest BCUT2D eigenvalue weighted by Crippen LogP contribution is 2.36. The molecule has 3 heterocycles. The standard InChI is InChI=1S/C20H22F2N6O2/c1-27-7-9-28(10-8-27)15-6-5-12(11-24-15)25-20-17(18(23)29)26-19(30-20)16-13(21)3-2-4-14(16)22/h2-6,11,13,16,25H,7-10H2,1H3,(H2,23,29). The van der Waals surface area contributed by atoms with Crippen LogP contribution in [0.25, 0.3) is 0 Å². The monoisotopic (exact) mass is 416 g/mol. The topological polar surface area (TPSA) is 101 Å². The quantitative estimate of drug-likeness (QED) is 0.772. The van der Waals surface area contributed by atoms with Crippen molar-refractivity contribution in [3.63, 3.8) is 0 Å². The molecule has 8 nitrogen and oxygen atoms in total. The molecular weight excluding hydrogens is 394 g/mol. The first kappa shape index (κ1) is 20.0. The number of alkyl halides is 1. The molecule has 1 amide bonds. The summed E-state index contributed by atoms with van der Waals surface area (Å²) in [6, 6.07) is 3.62. The molecule has 2 unspecified atom stereocenters. The summed E-state index contributed by atoms with van der Waals surface area (Å²) in [5.74, 6) is -2.49. The number of oxazole rings is 1. The van der Waals surface area contributed by atoms with Gasteiger partial charge in [-0.2, -0.15) is 0 Å². The molecule has 0 spiro atoms. The zero-order valence-electron chi connectivity index (χ0n) is 16.4. The summed E-state index contributed by atoms with van der Waals surface area (Å²) in [7, 11) is 2.08. The number of pyridine rings is 1. The lowest BCUT2D eigenvalue weighted by atomic mass is 9.97. The highest BCUT2D eigenvalue weighted by Gasteiger charge is 2.34. The first-order valence-corrected chi connectivity index (χ1v) is 9.57. The van der Waals surface area contributed by atoms with Crippen molar-refractivity contribution < 1.29 is 18.0 Å². The summed E-state index contributed by atoms with van der Waals surface area (Å²) in [6.45, 7) is 3.68. The number of piperazine rings is 1. The molecule has 1 aliphatic heterocycles. The van der Waals surface area contributed by atoms with E-state index < -0.39 is 23.8 Å². The number of hydrogen-bond acceptors (Lipinski definition) is 7. The van der Waals surface area contributed by atoms with Crippen LogP contribution >= 0.6 is 0 Å². The van der Waals surface area contributed by atoms with Gasteiger partial charge in [-0.15, -0.1) is 0 Å². The van der Waals surface area contributed by atoms with Gasteiger partial charge in [0.05, 0.1) is 11.9 Å². The molecule has 30 heavy (non-hydrogen) atoms. The van der Waals surface area contributed by atoms with E-state index in [1.54, 1.807) is 12.3 Å². The van der Waals surface area contributed by atoms with Crippen molar-refractivity contribution in [3.8, 4) is 0 Å². The average molecular weight is 416 g/mol. The van der Waals surface area contributed by atoms with E-state index in [0.717, 1.165) is 38.1 Å². The van der Waals surface area contributed by atoms with Gasteiger partial charge in [0, 0.05) is 26.2 Å². The number of allylic oxidation sites excluding steroid dienone is 4. The third kappa shape index (κ3) is 4.04. The SMILES string of the molecule is CN1CCN(c2ccc(Nc3oc(C4C(F)=CC=CC4F)nc3C(N)=O)cn2)CC1. The van der Waals surface area contributed by atoms with Gasteiger partial charge >= 0.3 is 0 Å². The smallest absolute Gasteiger partial charge is 0.273 e. The van der Waals surface area contributed by atoms with Crippen molar-refractivity contribution in [3.05, 3.63) is 54.0 Å². The molecule has 0 bridgehead atoms. The Morgan fingerprint density at radius 3 is 2.70 bits per heavy atom. The number of nitrogens with zero attached hydrogens (tertiary/aromatic N) is 4. The van der Waals surface area contributed by atoms with Gasteiger partial charge in [0.1, 0.15) is 23.7 Å². The van der Waals surface area contributed by atoms with E-state index in [1.165, 1.54) is 12.2 Å². The molecule has 4 rings (SSSR count). The van der Waals surface area contributed by atoms with Crippen LogP contribution < -0.4 is 16.0 Å². The van der Waals surface area contributed by atoms with Crippen molar-refractivity contribution in [2.75, 3.05) is 43.4 Å². The number of primary amides is 1. The number of carbonyl (C=O) groups excluding carboxylic acids is 1. The molecule has 1 saturated heterocycles. The first-order chi connectivity index (χ1) is 14.4. The number of aromatic nitrogens is 2. The zero-order valence-corrected chi connectivity index (χ0v) is 16.4. The number of halogens is 2. The number of amides is 1. The highest BCUT2D eigenvalue weighted by molar-refractivity contribution is 5.96. The summed E-state index contributed by atoms with van der Waals surface area (Å²) >= 11 is 0. The Hall–Kier alpha value is -3.27. The number of hydrogen-bond donors (Lipinski definition) is 2. The van der Waals surface area contributed by atoms with Crippen LogP contribution in [0.2, 0.25) is 0 Å². The minimum absolute atomic E-state index is 0.0822. The molecule has 0 saturated carbocycles. The molecule has 2 aromatic rings. The first-order valence-electron chi connectivity index (χ1n) is 9.57. The summed E-state index contributed by atoms with van der Waals surface area (Å²) in [4.78, 5) is 24.6. The van der Waals surface area contributed by atoms with Crippen LogP contribution in [0.1, 0.15) is 22.3 Å². The van der Waals surface area contributed by atoms with Gasteiger partial charge < -0.3 is 25.3 Å². The van der Waals surface area contributed by atoms with E-state index in [-0.39, 0.29) is 17.5 Å². The minimum atomic E-state index is -1.66. The number of likely N-dealkylation sites (N-methyl/N-ethyl adjacent to an activating group) is 1. The van der Waals surface area contributed by atoms with E-state index in [1.807, 2.05) is 6.07 Å². The molecule has 1 fully saturated rings. The third-order valence-electron chi connectivity index (χ3n) is 5.14. The summed E-state index contributed by atoms with van der Waals surface area (Å²) in [5, 5.41) is 2.88. The maximum absolute atomic E-state index is 14.2. The fraction of sp³-hybridized carbons (Fsp3) is 0.350. The number of nitrogens with two attached hydrogens (primary N) is 1. The Balaban J connectivity index is 1.54. The Labute approximate surface area is 172 Å². The molecule has 2 atom stereocenters. The van der Waals surface area contributed by atoms with Gasteiger partial charge in [0.15, 0.2) is 5.69 Å². The van der Waals surface area contributed by atoms with E-state index >= 15 is 0 Å². The second-order valence-corrected chi connectivity index (χ2v) is 7.27. The van der Waals surface area contributed by atoms with Gasteiger partial charge in [-0.1, -0.05) is 6.08 Å². The van der Waals surface area contributed by atoms with Crippen LogP contribution in [0.4, 0.5) is 26.2 Å². The Morgan fingerprint density at radius 1 is 1.30 bits per heavy atom. The van der Waals surface area contributed by atoms with Crippen molar-refractivity contribution >= 4 is 23.3 Å². The highest BCUT2D eigenvalue weighted by atomic mass is 19.1. The molecule has 1 aliphatic carbocycles. The van der Waals surface area contributed by atoms with Crippen LogP contribution in [0.15, 0.2) is 46.8 Å². The molecular formula is C20H22F2N6O2. The molecule has 0 radical (unpaired) electrons. The molecule has 2 aromatic heterocycles. The van der Waals surface area contributed by atoms with Crippen molar-refractivity contribution in [1.29, 1.82) is 0 Å². The van der Waals surface area contributed by atoms with E-state index in [4.69, 9.17) is 10.2 Å². The molecule has 10 heteroatoms. The number of carbonyl (C=O) groups is 1. The molecule has 3 N–H and O–H groups in total. The van der Waals surface area contributed by atoms with E-state index in [0.29, 0.717) is 5.69 Å². The van der Waals surface area contributed by atoms with Gasteiger partial charge in [-0.05, 0) is 31.3 Å². The number of anilines is 3. The molecule has 2 aliphatic rings. The maximum atomic E-state index is 14.2. The lowest BCUT2D eigenvalue weighted by Gasteiger charge is -2.33. The zero-order chi connectivity index (χ0) is 21.3. The summed E-state index contributed by atoms with van der Waals surface area (Å²) < 4.78 is 33.8. The summed E-state index contributed by atoms with van der Waals surface area (Å²) in [6.07, 6.45) is 3.52. The fourth-order valence-corrected chi connectivity index (χ4v) is 3.41. The normalized spacial score (nSPS) is 22.1. The van der Waals surface area contributed by atoms with Crippen molar-refractivity contribution in [2.45, 2.75) is 12.1 Å². The van der Waals surface area contributed by atoms with E-state index in [9.17, 15) is 13.6 Å². The van der Waals surface area contributed by atoms with Crippen LogP contribution in [0.3, 0.4) is 0 Å². The third-order valence-corrected chi connectivity index (χ3v) is 5.14. The average Bonchev–Trinajstić information content (AvgIpc) is 3.13. The van der Waals surface area contributed by atoms with Crippen LogP contribution in [-0.2, 0) is 0 Å². The number of nitrogens with one attached hydrogen (secondary N) is 1. The molecule has 158 valence electrons. The van der Waals surface area contributed by atoms with Crippen LogP contribution in [0.5, 0.6) is 0 Å². The second-order valence-electron chi connectivity index (χ2n) is 7.27. The predicted octanol–water partition coefficient (Wildman–Crippen LogP) is 2.51. The Morgan fingerprint density at radius 2 is 2.07 bits per heavy atom. The van der Waals surface area contributed by atoms with Crippen LogP contribution in [-0.4, -0.2) is 60.2 Å². The largest absolute Gasteiger partial charge is 0.423 e. The van der Waals surface area contributed by atoms with Crippen molar-refractivity contribution in [2.24, 2.45) is 5.73 Å². The maximum Gasteiger partial charge on any atom is 0.273 e. The second kappa shape index (κ2) is 8.23. The Kier molecular flexibility index (Phi) is 5.49. The van der Waals surface area contributed by atoms with Gasteiger partial charge in [-0.25, -0.2) is 18.7 Å². The van der Waals surface area contributed by atoms with Crippen LogP contribution in [0, 0.1) is 0 Å². The lowest BCUT2D eigenvalue weighted by molar-refractivity contribution is 0.0996. The minimum Gasteiger partial charge on any atom is -0.423 e. The van der Waals surface area contributed by atoms with Gasteiger partial charge in [0.25, 0.3) is 5.91 Å².